The highest BCUT2D eigenvalue weighted by Crippen LogP contribution is 2.38. The van der Waals surface area contributed by atoms with E-state index in [0.717, 1.165) is 17.5 Å². The highest BCUT2D eigenvalue weighted by molar-refractivity contribution is 6.30. The molecule has 2 atom stereocenters. The van der Waals surface area contributed by atoms with Gasteiger partial charge in [-0.25, -0.2) is 4.68 Å². The minimum absolute atomic E-state index is 0.0224. The molecule has 1 aliphatic heterocycles. The zero-order chi connectivity index (χ0) is 22.6. The van der Waals surface area contributed by atoms with Crippen molar-refractivity contribution >= 4 is 29.4 Å². The molecule has 0 bridgehead atoms. The summed E-state index contributed by atoms with van der Waals surface area (Å²) in [6.45, 7) is -0.128. The van der Waals surface area contributed by atoms with Gasteiger partial charge in [0.2, 0.25) is 5.95 Å². The van der Waals surface area contributed by atoms with E-state index in [0.29, 0.717) is 16.7 Å². The van der Waals surface area contributed by atoms with Crippen LogP contribution in [0.25, 0.3) is 0 Å². The van der Waals surface area contributed by atoms with Crippen molar-refractivity contribution in [3.63, 3.8) is 0 Å². The van der Waals surface area contributed by atoms with E-state index in [-0.39, 0.29) is 30.5 Å². The van der Waals surface area contributed by atoms with Crippen LogP contribution in [0.1, 0.15) is 29.6 Å². The molecule has 8 heteroatoms. The van der Waals surface area contributed by atoms with E-state index < -0.39 is 0 Å². The van der Waals surface area contributed by atoms with Crippen molar-refractivity contribution in [2.45, 2.75) is 18.5 Å². The fourth-order valence-corrected chi connectivity index (χ4v) is 4.05. The average Bonchev–Trinajstić information content (AvgIpc) is 3.26. The van der Waals surface area contributed by atoms with Crippen LogP contribution in [0.2, 0.25) is 5.02 Å². The van der Waals surface area contributed by atoms with Crippen molar-refractivity contribution in [3.8, 4) is 5.75 Å². The van der Waals surface area contributed by atoms with Crippen LogP contribution in [-0.2, 0) is 4.79 Å². The van der Waals surface area contributed by atoms with Crippen LogP contribution >= 0.6 is 11.6 Å². The summed E-state index contributed by atoms with van der Waals surface area (Å²) in [5, 5.41) is 11.5. The van der Waals surface area contributed by atoms with E-state index in [1.807, 2.05) is 65.3 Å². The van der Waals surface area contributed by atoms with E-state index in [4.69, 9.17) is 16.3 Å². The standard InChI is InChI=1S/C25H22ClN5O2/c26-19-13-11-17(12-14-19)21-15-22(18-7-3-1-4-8-18)31-25(27-21)29-24(30-31)28-23(32)16-33-20-9-5-2-6-10-20/h1-14,21-22H,15-16H2,(H2,27,28,29,30,32)/t21-,22+/m0/s1. The van der Waals surface area contributed by atoms with Crippen LogP contribution in [0.15, 0.2) is 84.9 Å². The van der Waals surface area contributed by atoms with Gasteiger partial charge in [0.1, 0.15) is 5.75 Å². The summed E-state index contributed by atoms with van der Waals surface area (Å²) in [5.74, 6) is 1.12. The quantitative estimate of drug-likeness (QED) is 0.419. The average molecular weight is 460 g/mol. The number of benzene rings is 3. The molecule has 1 amide bonds. The molecule has 0 saturated heterocycles. The molecular formula is C25H22ClN5O2. The van der Waals surface area contributed by atoms with Crippen LogP contribution in [0.5, 0.6) is 5.75 Å². The van der Waals surface area contributed by atoms with Crippen LogP contribution < -0.4 is 15.4 Å². The van der Waals surface area contributed by atoms with Gasteiger partial charge in [-0.05, 0) is 41.8 Å². The Bertz CT molecular complexity index is 1230. The third-order valence-corrected chi connectivity index (χ3v) is 5.76. The van der Waals surface area contributed by atoms with Gasteiger partial charge >= 0.3 is 0 Å². The zero-order valence-electron chi connectivity index (χ0n) is 17.7. The second kappa shape index (κ2) is 9.34. The number of hydrogen-bond acceptors (Lipinski definition) is 5. The molecule has 5 rings (SSSR count). The highest BCUT2D eigenvalue weighted by Gasteiger charge is 2.31. The Morgan fingerprint density at radius 2 is 1.70 bits per heavy atom. The van der Waals surface area contributed by atoms with Crippen molar-refractivity contribution in [2.24, 2.45) is 0 Å². The van der Waals surface area contributed by atoms with Crippen LogP contribution in [0.4, 0.5) is 11.9 Å². The Kier molecular flexibility index (Phi) is 5.95. The number of aromatic nitrogens is 3. The van der Waals surface area contributed by atoms with Gasteiger partial charge in [-0.3, -0.25) is 10.1 Å². The summed E-state index contributed by atoms with van der Waals surface area (Å²) in [5.41, 5.74) is 2.23. The lowest BCUT2D eigenvalue weighted by Crippen LogP contribution is -2.28. The number of amides is 1. The maximum Gasteiger partial charge on any atom is 0.264 e. The summed E-state index contributed by atoms with van der Waals surface area (Å²) < 4.78 is 7.34. The normalized spacial score (nSPS) is 17.0. The SMILES string of the molecule is O=C(COc1ccccc1)Nc1nc2n(n1)[C@@H](c1ccccc1)C[C@@H](c1ccc(Cl)cc1)N2. The third-order valence-electron chi connectivity index (χ3n) is 5.51. The Hall–Kier alpha value is -3.84. The van der Waals surface area contributed by atoms with Gasteiger partial charge in [0.05, 0.1) is 12.1 Å². The number of anilines is 2. The third kappa shape index (κ3) is 4.83. The fraction of sp³-hybridized carbons (Fsp3) is 0.160. The summed E-state index contributed by atoms with van der Waals surface area (Å²) in [4.78, 5) is 17.0. The van der Waals surface area contributed by atoms with E-state index in [2.05, 4.69) is 32.8 Å². The maximum absolute atomic E-state index is 12.4. The molecule has 0 saturated carbocycles. The van der Waals surface area contributed by atoms with Gasteiger partial charge < -0.3 is 10.1 Å². The Morgan fingerprint density at radius 3 is 2.42 bits per heavy atom. The topological polar surface area (TPSA) is 81.1 Å². The number of nitrogens with one attached hydrogen (secondary N) is 2. The first-order valence-corrected chi connectivity index (χ1v) is 11.0. The van der Waals surface area contributed by atoms with E-state index >= 15 is 0 Å². The number of hydrogen-bond donors (Lipinski definition) is 2. The first-order valence-electron chi connectivity index (χ1n) is 10.7. The zero-order valence-corrected chi connectivity index (χ0v) is 18.4. The van der Waals surface area contributed by atoms with Gasteiger partial charge in [0.25, 0.3) is 11.9 Å². The monoisotopic (exact) mass is 459 g/mol. The summed E-state index contributed by atoms with van der Waals surface area (Å²) in [6.07, 6.45) is 0.770. The van der Waals surface area contributed by atoms with E-state index in [9.17, 15) is 4.79 Å². The minimum atomic E-state index is -0.327. The summed E-state index contributed by atoms with van der Waals surface area (Å²) in [6, 6.07) is 27.1. The molecule has 166 valence electrons. The molecule has 33 heavy (non-hydrogen) atoms. The van der Waals surface area contributed by atoms with Gasteiger partial charge in [0.15, 0.2) is 6.61 Å². The lowest BCUT2D eigenvalue weighted by molar-refractivity contribution is -0.118. The molecule has 2 heterocycles. The van der Waals surface area contributed by atoms with Gasteiger partial charge in [-0.2, -0.15) is 4.98 Å². The Balaban J connectivity index is 1.37. The second-order valence-corrected chi connectivity index (χ2v) is 8.20. The molecule has 0 aliphatic carbocycles. The number of nitrogens with zero attached hydrogens (tertiary/aromatic N) is 3. The lowest BCUT2D eigenvalue weighted by Gasteiger charge is -2.31. The number of rotatable bonds is 6. The first-order chi connectivity index (χ1) is 16.2. The van der Waals surface area contributed by atoms with E-state index in [1.165, 1.54) is 0 Å². The number of ether oxygens (including phenoxy) is 1. The molecule has 1 aromatic heterocycles. The predicted octanol–water partition coefficient (Wildman–Crippen LogP) is 5.10. The van der Waals surface area contributed by atoms with Crippen LogP contribution in [-0.4, -0.2) is 27.3 Å². The smallest absolute Gasteiger partial charge is 0.264 e. The van der Waals surface area contributed by atoms with Crippen LogP contribution in [0, 0.1) is 0 Å². The molecule has 0 fully saturated rings. The van der Waals surface area contributed by atoms with Gasteiger partial charge in [-0.15, -0.1) is 5.10 Å². The fourth-order valence-electron chi connectivity index (χ4n) is 3.92. The first kappa shape index (κ1) is 21.0. The number of halogens is 1. The number of carbonyl (C=O) groups is 1. The molecule has 7 nitrogen and oxygen atoms in total. The molecule has 0 radical (unpaired) electrons. The maximum atomic E-state index is 12.4. The highest BCUT2D eigenvalue weighted by atomic mass is 35.5. The Labute approximate surface area is 196 Å². The van der Waals surface area contributed by atoms with Crippen molar-refractivity contribution in [1.82, 2.24) is 14.8 Å². The Morgan fingerprint density at radius 1 is 1.00 bits per heavy atom. The number of fused-ring (bicyclic) bond motifs is 1. The van der Waals surface area contributed by atoms with Crippen molar-refractivity contribution in [1.29, 1.82) is 0 Å². The summed E-state index contributed by atoms with van der Waals surface area (Å²) in [7, 11) is 0. The molecule has 0 spiro atoms. The van der Waals surface area contributed by atoms with Crippen molar-refractivity contribution in [3.05, 3.63) is 101 Å². The second-order valence-electron chi connectivity index (χ2n) is 7.76. The predicted molar refractivity (Wildman–Crippen MR) is 128 cm³/mol. The molecule has 4 aromatic rings. The van der Waals surface area contributed by atoms with Crippen molar-refractivity contribution in [2.75, 3.05) is 17.2 Å². The lowest BCUT2D eigenvalue weighted by atomic mass is 9.93. The van der Waals surface area contributed by atoms with E-state index in [1.54, 1.807) is 12.1 Å². The van der Waals surface area contributed by atoms with Crippen molar-refractivity contribution < 1.29 is 9.53 Å². The van der Waals surface area contributed by atoms with Gasteiger partial charge in [0, 0.05) is 5.02 Å². The number of carbonyl (C=O) groups excluding carboxylic acids is 1. The minimum Gasteiger partial charge on any atom is -0.484 e. The largest absolute Gasteiger partial charge is 0.484 e. The molecular weight excluding hydrogens is 438 g/mol. The molecule has 0 unspecified atom stereocenters. The van der Waals surface area contributed by atoms with Crippen LogP contribution in [0.3, 0.4) is 0 Å². The van der Waals surface area contributed by atoms with Gasteiger partial charge in [-0.1, -0.05) is 72.3 Å². The molecule has 3 aromatic carbocycles. The molecule has 1 aliphatic rings. The number of para-hydroxylation sites is 1. The summed E-state index contributed by atoms with van der Waals surface area (Å²) >= 11 is 6.08. The molecule has 2 N–H and O–H groups in total.